The Hall–Kier alpha value is -2.38. The van der Waals surface area contributed by atoms with Crippen LogP contribution >= 0.6 is 0 Å². The molecule has 0 atom stereocenters. The number of rotatable bonds is 8. The molecule has 0 unspecified atom stereocenters. The lowest BCUT2D eigenvalue weighted by molar-refractivity contribution is -0.152. The third-order valence-corrected chi connectivity index (χ3v) is 6.21. The molecule has 0 bridgehead atoms. The minimum absolute atomic E-state index is 0.208. The van der Waals surface area contributed by atoms with E-state index < -0.39 is 21.4 Å². The average Bonchev–Trinajstić information content (AvgIpc) is 3.23. The van der Waals surface area contributed by atoms with E-state index >= 15 is 0 Å². The first-order valence-electron chi connectivity index (χ1n) is 9.31. The zero-order valence-electron chi connectivity index (χ0n) is 15.9. The van der Waals surface area contributed by atoms with Crippen LogP contribution in [0.1, 0.15) is 36.8 Å². The van der Waals surface area contributed by atoms with Crippen LogP contribution < -0.4 is 9.46 Å². The molecule has 0 aliphatic heterocycles. The lowest BCUT2D eigenvalue weighted by Crippen LogP contribution is -2.34. The van der Waals surface area contributed by atoms with Gasteiger partial charge < -0.3 is 9.47 Å². The molecule has 1 aliphatic carbocycles. The average molecular weight is 404 g/mol. The van der Waals surface area contributed by atoms with Gasteiger partial charge in [0, 0.05) is 0 Å². The molecule has 1 aliphatic rings. The van der Waals surface area contributed by atoms with Crippen LogP contribution in [0.25, 0.3) is 0 Å². The molecule has 2 aromatic carbocycles. The summed E-state index contributed by atoms with van der Waals surface area (Å²) in [5.74, 6) is -0.221. The second-order valence-corrected chi connectivity index (χ2v) is 8.83. The molecule has 1 fully saturated rings. The zero-order valence-corrected chi connectivity index (χ0v) is 16.7. The maximum Gasteiger partial charge on any atom is 0.316 e. The summed E-state index contributed by atoms with van der Waals surface area (Å²) in [6.07, 6.45) is 3.43. The first kappa shape index (κ1) is 20.4. The van der Waals surface area contributed by atoms with Crippen molar-refractivity contribution >= 4 is 16.0 Å². The van der Waals surface area contributed by atoms with Crippen LogP contribution in [0, 0.1) is 0 Å². The van der Waals surface area contributed by atoms with Gasteiger partial charge in [-0.25, -0.2) is 13.1 Å². The third kappa shape index (κ3) is 4.72. The Morgan fingerprint density at radius 1 is 1.04 bits per heavy atom. The Labute approximate surface area is 165 Å². The molecule has 0 radical (unpaired) electrons. The molecule has 0 amide bonds. The van der Waals surface area contributed by atoms with Crippen molar-refractivity contribution in [2.24, 2.45) is 0 Å². The molecular weight excluding hydrogens is 378 g/mol. The van der Waals surface area contributed by atoms with Crippen molar-refractivity contribution in [2.75, 3.05) is 13.0 Å². The molecule has 1 N–H and O–H groups in total. The first-order valence-corrected chi connectivity index (χ1v) is 11.0. The van der Waals surface area contributed by atoms with Crippen LogP contribution in [-0.2, 0) is 31.6 Å². The molecule has 28 heavy (non-hydrogen) atoms. The smallest absolute Gasteiger partial charge is 0.316 e. The standard InChI is InChI=1S/C21H25NO5S/c1-22-28(24,25)16-27-19-11-9-18(10-12-19)21(13-5-6-14-21)20(23)26-15-17-7-3-2-4-8-17/h2-4,7-12,22H,5-6,13-16H2,1H3. The van der Waals surface area contributed by atoms with Gasteiger partial charge in [-0.3, -0.25) is 4.79 Å². The summed E-state index contributed by atoms with van der Waals surface area (Å²) in [4.78, 5) is 13.0. The fourth-order valence-electron chi connectivity index (χ4n) is 3.53. The van der Waals surface area contributed by atoms with E-state index in [2.05, 4.69) is 4.72 Å². The van der Waals surface area contributed by atoms with Crippen LogP contribution in [0.5, 0.6) is 5.75 Å². The number of ether oxygens (including phenoxy) is 2. The molecule has 0 heterocycles. The summed E-state index contributed by atoms with van der Waals surface area (Å²) in [5.41, 5.74) is 1.19. The summed E-state index contributed by atoms with van der Waals surface area (Å²) in [7, 11) is -2.11. The molecule has 0 saturated heterocycles. The van der Waals surface area contributed by atoms with Crippen molar-refractivity contribution in [3.05, 3.63) is 65.7 Å². The summed E-state index contributed by atoms with van der Waals surface area (Å²) in [6, 6.07) is 16.7. The zero-order chi connectivity index (χ0) is 20.0. The van der Waals surface area contributed by atoms with Crippen molar-refractivity contribution in [3.63, 3.8) is 0 Å². The van der Waals surface area contributed by atoms with Crippen molar-refractivity contribution < 1.29 is 22.7 Å². The molecule has 6 nitrogen and oxygen atoms in total. The highest BCUT2D eigenvalue weighted by Crippen LogP contribution is 2.42. The fraction of sp³-hybridized carbons (Fsp3) is 0.381. The first-order chi connectivity index (χ1) is 13.5. The number of sulfonamides is 1. The van der Waals surface area contributed by atoms with Crippen LogP contribution in [0.15, 0.2) is 54.6 Å². The molecule has 2 aromatic rings. The second-order valence-electron chi connectivity index (χ2n) is 6.96. The van der Waals surface area contributed by atoms with Crippen LogP contribution in [0.3, 0.4) is 0 Å². The van der Waals surface area contributed by atoms with Gasteiger partial charge in [0.05, 0.1) is 5.41 Å². The van der Waals surface area contributed by atoms with Gasteiger partial charge in [-0.15, -0.1) is 0 Å². The minimum atomic E-state index is -3.45. The fourth-order valence-corrected chi connectivity index (χ4v) is 3.93. The van der Waals surface area contributed by atoms with E-state index in [0.717, 1.165) is 36.8 Å². The maximum absolute atomic E-state index is 13.0. The van der Waals surface area contributed by atoms with Gasteiger partial charge in [-0.2, -0.15) is 0 Å². The van der Waals surface area contributed by atoms with Gasteiger partial charge in [0.1, 0.15) is 12.4 Å². The van der Waals surface area contributed by atoms with Crippen molar-refractivity contribution in [1.82, 2.24) is 4.72 Å². The highest BCUT2D eigenvalue weighted by atomic mass is 32.2. The highest BCUT2D eigenvalue weighted by molar-refractivity contribution is 7.89. The molecule has 0 aromatic heterocycles. The van der Waals surface area contributed by atoms with E-state index in [-0.39, 0.29) is 12.6 Å². The minimum Gasteiger partial charge on any atom is -0.476 e. The predicted octanol–water partition coefficient (Wildman–Crippen LogP) is 3.13. The quantitative estimate of drug-likeness (QED) is 0.685. The monoisotopic (exact) mass is 403 g/mol. The molecule has 0 spiro atoms. The van der Waals surface area contributed by atoms with Gasteiger partial charge in [0.2, 0.25) is 16.0 Å². The predicted molar refractivity (Wildman–Crippen MR) is 106 cm³/mol. The van der Waals surface area contributed by atoms with Gasteiger partial charge in [0.25, 0.3) is 0 Å². The van der Waals surface area contributed by atoms with Crippen molar-refractivity contribution in [2.45, 2.75) is 37.7 Å². The Balaban J connectivity index is 1.71. The van der Waals surface area contributed by atoms with Gasteiger partial charge in [-0.1, -0.05) is 55.3 Å². The number of benzene rings is 2. The summed E-state index contributed by atoms with van der Waals surface area (Å²) >= 11 is 0. The highest BCUT2D eigenvalue weighted by Gasteiger charge is 2.44. The van der Waals surface area contributed by atoms with Crippen molar-refractivity contribution in [1.29, 1.82) is 0 Å². The summed E-state index contributed by atoms with van der Waals surface area (Å²) < 4.78 is 36.1. The number of hydrogen-bond acceptors (Lipinski definition) is 5. The number of esters is 1. The molecule has 150 valence electrons. The van der Waals surface area contributed by atoms with E-state index in [4.69, 9.17) is 9.47 Å². The van der Waals surface area contributed by atoms with E-state index in [0.29, 0.717) is 5.75 Å². The van der Waals surface area contributed by atoms with E-state index in [1.54, 1.807) is 12.1 Å². The van der Waals surface area contributed by atoms with Crippen LogP contribution in [0.2, 0.25) is 0 Å². The number of nitrogens with one attached hydrogen (secondary N) is 1. The lowest BCUT2D eigenvalue weighted by atomic mass is 9.79. The topological polar surface area (TPSA) is 81.7 Å². The van der Waals surface area contributed by atoms with E-state index in [1.165, 1.54) is 7.05 Å². The Morgan fingerprint density at radius 3 is 2.29 bits per heavy atom. The normalized spacial score (nSPS) is 15.9. The van der Waals surface area contributed by atoms with Crippen molar-refractivity contribution in [3.8, 4) is 5.75 Å². The number of hydrogen-bond donors (Lipinski definition) is 1. The van der Waals surface area contributed by atoms with E-state index in [1.807, 2.05) is 42.5 Å². The largest absolute Gasteiger partial charge is 0.476 e. The van der Waals surface area contributed by atoms with Crippen LogP contribution in [0.4, 0.5) is 0 Å². The summed E-state index contributed by atoms with van der Waals surface area (Å²) in [5, 5.41) is 0. The molecular formula is C21H25NO5S. The third-order valence-electron chi connectivity index (χ3n) is 5.16. The van der Waals surface area contributed by atoms with Gasteiger partial charge >= 0.3 is 5.97 Å². The van der Waals surface area contributed by atoms with Gasteiger partial charge in [-0.05, 0) is 43.1 Å². The Morgan fingerprint density at radius 2 is 1.68 bits per heavy atom. The Bertz CT molecular complexity index is 888. The molecule has 1 saturated carbocycles. The number of carbonyl (C=O) groups is 1. The second kappa shape index (κ2) is 8.75. The Kier molecular flexibility index (Phi) is 6.36. The molecule has 3 rings (SSSR count). The lowest BCUT2D eigenvalue weighted by Gasteiger charge is -2.27. The SMILES string of the molecule is CNS(=O)(=O)COc1ccc(C2(C(=O)OCc3ccccc3)CCCC2)cc1. The number of carbonyl (C=O) groups excluding carboxylic acids is 1. The van der Waals surface area contributed by atoms with Gasteiger partial charge in [0.15, 0.2) is 0 Å². The maximum atomic E-state index is 13.0. The molecule has 7 heteroatoms. The summed E-state index contributed by atoms with van der Waals surface area (Å²) in [6.45, 7) is 0.254. The van der Waals surface area contributed by atoms with E-state index in [9.17, 15) is 13.2 Å². The van der Waals surface area contributed by atoms with Crippen LogP contribution in [-0.4, -0.2) is 27.4 Å².